The van der Waals surface area contributed by atoms with Crippen LogP contribution in [0, 0.1) is 6.92 Å². The summed E-state index contributed by atoms with van der Waals surface area (Å²) in [6.07, 6.45) is 1.76. The molecule has 0 unspecified atom stereocenters. The lowest BCUT2D eigenvalue weighted by Crippen LogP contribution is -2.15. The van der Waals surface area contributed by atoms with E-state index in [9.17, 15) is 4.79 Å². The Bertz CT molecular complexity index is 1340. The number of carbonyl (C=O) groups is 1. The molecule has 0 radical (unpaired) electrons. The van der Waals surface area contributed by atoms with E-state index in [4.69, 9.17) is 4.74 Å². The average Bonchev–Trinajstić information content (AvgIpc) is 3.28. The Hall–Kier alpha value is -4.24. The number of nitrogens with zero attached hydrogens (tertiary/aromatic N) is 5. The van der Waals surface area contributed by atoms with Crippen molar-refractivity contribution in [3.05, 3.63) is 103 Å². The highest BCUT2D eigenvalue weighted by atomic mass is 32.2. The van der Waals surface area contributed by atoms with Crippen molar-refractivity contribution in [3.8, 4) is 5.75 Å². The molecule has 0 saturated heterocycles. The fourth-order valence-electron chi connectivity index (χ4n) is 3.25. The van der Waals surface area contributed by atoms with Gasteiger partial charge in [0, 0.05) is 12.2 Å². The van der Waals surface area contributed by atoms with Crippen molar-refractivity contribution >= 4 is 34.7 Å². The van der Waals surface area contributed by atoms with Gasteiger partial charge in [-0.05, 0) is 61.0 Å². The van der Waals surface area contributed by atoms with Gasteiger partial charge < -0.3 is 10.1 Å². The number of azo groups is 1. The molecule has 0 bridgehead atoms. The molecule has 9 heteroatoms. The summed E-state index contributed by atoms with van der Waals surface area (Å²) in [4.78, 5) is 12.5. The second kappa shape index (κ2) is 12.5. The molecule has 4 rings (SSSR count). The first-order valence-corrected chi connectivity index (χ1v) is 12.3. The zero-order valence-corrected chi connectivity index (χ0v) is 20.7. The SMILES string of the molecule is C=CCn1c(COc2cccc(C)c2)nnc1SCC(=O)Nc1ccc(N=Nc2ccccc2)cc1. The lowest BCUT2D eigenvalue weighted by Gasteiger charge is -2.10. The van der Waals surface area contributed by atoms with Gasteiger partial charge >= 0.3 is 0 Å². The maximum atomic E-state index is 12.5. The first kappa shape index (κ1) is 24.9. The van der Waals surface area contributed by atoms with Crippen molar-refractivity contribution in [1.82, 2.24) is 14.8 Å². The number of nitrogens with one attached hydrogen (secondary N) is 1. The van der Waals surface area contributed by atoms with Gasteiger partial charge in [0.2, 0.25) is 5.91 Å². The van der Waals surface area contributed by atoms with Gasteiger partial charge in [-0.15, -0.1) is 16.8 Å². The van der Waals surface area contributed by atoms with Crippen molar-refractivity contribution in [2.75, 3.05) is 11.1 Å². The molecular weight excluding hydrogens is 472 g/mol. The van der Waals surface area contributed by atoms with Crippen molar-refractivity contribution < 1.29 is 9.53 Å². The molecule has 4 aromatic rings. The van der Waals surface area contributed by atoms with Crippen molar-refractivity contribution in [3.63, 3.8) is 0 Å². The Morgan fingerprint density at radius 3 is 2.50 bits per heavy atom. The van der Waals surface area contributed by atoms with Crippen LogP contribution in [-0.2, 0) is 17.9 Å². The first-order chi connectivity index (χ1) is 17.6. The van der Waals surface area contributed by atoms with Crippen LogP contribution in [-0.4, -0.2) is 26.4 Å². The number of ether oxygens (including phenoxy) is 1. The Morgan fingerprint density at radius 2 is 1.78 bits per heavy atom. The average molecular weight is 499 g/mol. The number of anilines is 1. The molecule has 1 amide bonds. The summed E-state index contributed by atoms with van der Waals surface area (Å²) in [5.74, 6) is 1.47. The molecule has 1 heterocycles. The highest BCUT2D eigenvalue weighted by Gasteiger charge is 2.14. The van der Waals surface area contributed by atoms with E-state index >= 15 is 0 Å². The minimum Gasteiger partial charge on any atom is -0.486 e. The second-order valence-corrected chi connectivity index (χ2v) is 8.77. The number of aromatic nitrogens is 3. The lowest BCUT2D eigenvalue weighted by atomic mass is 10.2. The third-order valence-corrected chi connectivity index (χ3v) is 5.95. The number of hydrogen-bond donors (Lipinski definition) is 1. The minimum atomic E-state index is -0.149. The number of aryl methyl sites for hydroxylation is 1. The van der Waals surface area contributed by atoms with Gasteiger partial charge in [-0.3, -0.25) is 9.36 Å². The number of hydrogen-bond acceptors (Lipinski definition) is 7. The highest BCUT2D eigenvalue weighted by Crippen LogP contribution is 2.22. The molecule has 0 atom stereocenters. The number of amides is 1. The molecule has 36 heavy (non-hydrogen) atoms. The Kier molecular flexibility index (Phi) is 8.61. The van der Waals surface area contributed by atoms with E-state index in [0.29, 0.717) is 28.9 Å². The summed E-state index contributed by atoms with van der Waals surface area (Å²) < 4.78 is 7.77. The Balaban J connectivity index is 1.31. The molecule has 182 valence electrons. The summed E-state index contributed by atoms with van der Waals surface area (Å²) >= 11 is 1.31. The third-order valence-electron chi connectivity index (χ3n) is 4.98. The maximum Gasteiger partial charge on any atom is 0.234 e. The number of rotatable bonds is 11. The summed E-state index contributed by atoms with van der Waals surface area (Å²) in [5, 5.41) is 20.4. The van der Waals surface area contributed by atoms with Crippen LogP contribution in [0.25, 0.3) is 0 Å². The highest BCUT2D eigenvalue weighted by molar-refractivity contribution is 7.99. The fourth-order valence-corrected chi connectivity index (χ4v) is 4.01. The number of thioether (sulfide) groups is 1. The largest absolute Gasteiger partial charge is 0.486 e. The van der Waals surface area contributed by atoms with Gasteiger partial charge in [-0.25, -0.2) is 0 Å². The van der Waals surface area contributed by atoms with Crippen molar-refractivity contribution in [2.45, 2.75) is 25.2 Å². The molecule has 1 aromatic heterocycles. The molecule has 8 nitrogen and oxygen atoms in total. The van der Waals surface area contributed by atoms with E-state index in [2.05, 4.69) is 32.3 Å². The number of carbonyl (C=O) groups excluding carboxylic acids is 1. The molecule has 3 aromatic carbocycles. The minimum absolute atomic E-state index is 0.149. The molecular formula is C27H26N6O2S. The molecule has 0 saturated carbocycles. The monoisotopic (exact) mass is 498 g/mol. The van der Waals surface area contributed by atoms with Gasteiger partial charge in [0.15, 0.2) is 11.0 Å². The topological polar surface area (TPSA) is 93.8 Å². The van der Waals surface area contributed by atoms with E-state index in [-0.39, 0.29) is 18.3 Å². The van der Waals surface area contributed by atoms with Crippen LogP contribution in [0.4, 0.5) is 17.1 Å². The summed E-state index contributed by atoms with van der Waals surface area (Å²) in [7, 11) is 0. The summed E-state index contributed by atoms with van der Waals surface area (Å²) in [6, 6.07) is 24.5. The Labute approximate surface area is 214 Å². The molecule has 0 aliphatic carbocycles. The zero-order valence-electron chi connectivity index (χ0n) is 19.9. The third kappa shape index (κ3) is 7.13. The molecule has 0 fully saturated rings. The van der Waals surface area contributed by atoms with Gasteiger partial charge in [-0.1, -0.05) is 48.2 Å². The lowest BCUT2D eigenvalue weighted by molar-refractivity contribution is -0.113. The zero-order chi connectivity index (χ0) is 25.2. The fraction of sp³-hybridized carbons (Fsp3) is 0.148. The predicted molar refractivity (Wildman–Crippen MR) is 142 cm³/mol. The van der Waals surface area contributed by atoms with Crippen LogP contribution in [0.2, 0.25) is 0 Å². The predicted octanol–water partition coefficient (Wildman–Crippen LogP) is 6.50. The normalized spacial score (nSPS) is 10.9. The van der Waals surface area contributed by atoms with Crippen molar-refractivity contribution in [2.24, 2.45) is 10.2 Å². The van der Waals surface area contributed by atoms with Gasteiger partial charge in [0.1, 0.15) is 12.4 Å². The maximum absolute atomic E-state index is 12.5. The van der Waals surface area contributed by atoms with E-state index < -0.39 is 0 Å². The van der Waals surface area contributed by atoms with Crippen LogP contribution in [0.15, 0.2) is 107 Å². The van der Waals surface area contributed by atoms with E-state index in [1.807, 2.05) is 66.1 Å². The van der Waals surface area contributed by atoms with E-state index in [0.717, 1.165) is 17.0 Å². The van der Waals surface area contributed by atoms with Gasteiger partial charge in [0.25, 0.3) is 0 Å². The molecule has 0 spiro atoms. The summed E-state index contributed by atoms with van der Waals surface area (Å²) in [6.45, 7) is 6.61. The Morgan fingerprint density at radius 1 is 1.03 bits per heavy atom. The quantitative estimate of drug-likeness (QED) is 0.145. The van der Waals surface area contributed by atoms with E-state index in [1.54, 1.807) is 30.3 Å². The van der Waals surface area contributed by atoms with E-state index in [1.165, 1.54) is 11.8 Å². The number of allylic oxidation sites excluding steroid dienone is 1. The van der Waals surface area contributed by atoms with Crippen LogP contribution in [0.1, 0.15) is 11.4 Å². The number of benzene rings is 3. The van der Waals surface area contributed by atoms with Crippen LogP contribution >= 0.6 is 11.8 Å². The first-order valence-electron chi connectivity index (χ1n) is 11.3. The molecule has 1 N–H and O–H groups in total. The smallest absolute Gasteiger partial charge is 0.234 e. The van der Waals surface area contributed by atoms with Gasteiger partial charge in [0.05, 0.1) is 17.1 Å². The van der Waals surface area contributed by atoms with Crippen LogP contribution in [0.5, 0.6) is 5.75 Å². The second-order valence-electron chi connectivity index (χ2n) is 7.82. The van der Waals surface area contributed by atoms with Crippen LogP contribution < -0.4 is 10.1 Å². The van der Waals surface area contributed by atoms with Crippen LogP contribution in [0.3, 0.4) is 0 Å². The standard InChI is InChI=1S/C27H26N6O2S/c1-3-16-33-25(18-35-24-11-7-8-20(2)17-24)31-32-27(33)36-19-26(34)28-21-12-14-23(15-13-21)30-29-22-9-5-4-6-10-22/h3-15,17H,1,16,18-19H2,2H3,(H,28,34). The van der Waals surface area contributed by atoms with Crippen molar-refractivity contribution in [1.29, 1.82) is 0 Å². The van der Waals surface area contributed by atoms with Gasteiger partial charge in [-0.2, -0.15) is 10.2 Å². The molecule has 0 aliphatic heterocycles. The molecule has 0 aliphatic rings. The summed E-state index contributed by atoms with van der Waals surface area (Å²) in [5.41, 5.74) is 3.28.